The van der Waals surface area contributed by atoms with E-state index in [4.69, 9.17) is 16.3 Å². The van der Waals surface area contributed by atoms with Crippen LogP contribution in [0.4, 0.5) is 0 Å². The quantitative estimate of drug-likeness (QED) is 0.863. The fraction of sp³-hybridized carbons (Fsp3) is 0.562. The molecule has 0 aromatic heterocycles. The Morgan fingerprint density at radius 1 is 1.45 bits per heavy atom. The SMILES string of the molecule is COc1ccc(Cl)cc1C[S@](=O)[C@@H](C)C(=O)NC1CCCC1. The van der Waals surface area contributed by atoms with Crippen LogP contribution in [0, 0.1) is 0 Å². The number of ether oxygens (including phenoxy) is 1. The van der Waals surface area contributed by atoms with Gasteiger partial charge in [0.15, 0.2) is 0 Å². The number of carbonyl (C=O) groups excluding carboxylic acids is 1. The van der Waals surface area contributed by atoms with Gasteiger partial charge in [0.2, 0.25) is 5.91 Å². The van der Waals surface area contributed by atoms with Crippen LogP contribution >= 0.6 is 11.6 Å². The second-order valence-corrected chi connectivity index (χ2v) is 7.81. The average Bonchev–Trinajstić information content (AvgIpc) is 2.99. The van der Waals surface area contributed by atoms with Crippen LogP contribution < -0.4 is 10.1 Å². The minimum atomic E-state index is -1.32. The molecular formula is C16H22ClNO3S. The van der Waals surface area contributed by atoms with Gasteiger partial charge in [0, 0.05) is 27.4 Å². The smallest absolute Gasteiger partial charge is 0.235 e. The maximum absolute atomic E-state index is 12.5. The van der Waals surface area contributed by atoms with E-state index in [0.29, 0.717) is 10.8 Å². The third kappa shape index (κ3) is 4.46. The average molecular weight is 344 g/mol. The third-order valence-electron chi connectivity index (χ3n) is 4.01. The zero-order valence-corrected chi connectivity index (χ0v) is 14.5. The molecule has 0 aliphatic heterocycles. The summed E-state index contributed by atoms with van der Waals surface area (Å²) in [5, 5.41) is 3.01. The minimum Gasteiger partial charge on any atom is -0.496 e. The van der Waals surface area contributed by atoms with Crippen LogP contribution in [0.5, 0.6) is 5.75 Å². The lowest BCUT2D eigenvalue weighted by atomic mass is 10.2. The van der Waals surface area contributed by atoms with Crippen molar-refractivity contribution < 1.29 is 13.7 Å². The minimum absolute atomic E-state index is 0.133. The molecule has 0 unspecified atom stereocenters. The van der Waals surface area contributed by atoms with Crippen molar-refractivity contribution in [2.24, 2.45) is 0 Å². The van der Waals surface area contributed by atoms with E-state index in [1.165, 1.54) is 0 Å². The Labute approximate surface area is 139 Å². The molecule has 1 aliphatic rings. The Kier molecular flexibility index (Phi) is 6.26. The molecule has 0 radical (unpaired) electrons. The summed E-state index contributed by atoms with van der Waals surface area (Å²) in [4.78, 5) is 12.2. The number of benzene rings is 1. The fourth-order valence-electron chi connectivity index (χ4n) is 2.65. The maximum Gasteiger partial charge on any atom is 0.235 e. The molecule has 0 heterocycles. The maximum atomic E-state index is 12.5. The molecule has 2 rings (SSSR count). The molecule has 1 N–H and O–H groups in total. The van der Waals surface area contributed by atoms with Crippen molar-refractivity contribution in [3.63, 3.8) is 0 Å². The first-order chi connectivity index (χ1) is 10.5. The van der Waals surface area contributed by atoms with Gasteiger partial charge in [0.1, 0.15) is 11.0 Å². The highest BCUT2D eigenvalue weighted by Crippen LogP contribution is 2.25. The van der Waals surface area contributed by atoms with E-state index in [1.807, 2.05) is 0 Å². The predicted molar refractivity (Wildman–Crippen MR) is 89.7 cm³/mol. The van der Waals surface area contributed by atoms with Crippen LogP contribution in [0.3, 0.4) is 0 Å². The standard InChI is InChI=1S/C16H22ClNO3S/c1-11(16(19)18-14-5-3-4-6-14)22(20)10-12-9-13(17)7-8-15(12)21-2/h7-9,11,14H,3-6,10H2,1-2H3,(H,18,19)/t11-,22-/m0/s1. The Hall–Kier alpha value is -1.07. The van der Waals surface area contributed by atoms with E-state index >= 15 is 0 Å². The van der Waals surface area contributed by atoms with Gasteiger partial charge in [-0.3, -0.25) is 9.00 Å². The Bertz CT molecular complexity index is 558. The number of hydrogen-bond donors (Lipinski definition) is 1. The molecular weight excluding hydrogens is 322 g/mol. The van der Waals surface area contributed by atoms with Gasteiger partial charge in [-0.2, -0.15) is 0 Å². The number of amides is 1. The molecule has 1 amide bonds. The molecule has 1 aromatic rings. The topological polar surface area (TPSA) is 55.4 Å². The summed E-state index contributed by atoms with van der Waals surface area (Å²) in [7, 11) is 0.245. The Morgan fingerprint density at radius 3 is 2.77 bits per heavy atom. The van der Waals surface area contributed by atoms with E-state index in [2.05, 4.69) is 5.32 Å². The molecule has 1 fully saturated rings. The molecule has 1 saturated carbocycles. The molecule has 22 heavy (non-hydrogen) atoms. The van der Waals surface area contributed by atoms with Crippen LogP contribution in [-0.2, 0) is 21.3 Å². The number of halogens is 1. The second kappa shape index (κ2) is 7.97. The predicted octanol–water partition coefficient (Wildman–Crippen LogP) is 3.04. The molecule has 4 nitrogen and oxygen atoms in total. The highest BCUT2D eigenvalue weighted by molar-refractivity contribution is 7.85. The number of methoxy groups -OCH3 is 1. The van der Waals surface area contributed by atoms with E-state index in [9.17, 15) is 9.00 Å². The largest absolute Gasteiger partial charge is 0.496 e. The third-order valence-corrected chi connectivity index (χ3v) is 5.84. The zero-order valence-electron chi connectivity index (χ0n) is 12.9. The summed E-state index contributed by atoms with van der Waals surface area (Å²) in [5.41, 5.74) is 0.758. The zero-order chi connectivity index (χ0) is 16.1. The van der Waals surface area contributed by atoms with Gasteiger partial charge in [-0.05, 0) is 38.0 Å². The lowest BCUT2D eigenvalue weighted by Crippen LogP contribution is -2.40. The molecule has 122 valence electrons. The number of rotatable bonds is 6. The van der Waals surface area contributed by atoms with Gasteiger partial charge in [0.25, 0.3) is 0 Å². The Balaban J connectivity index is 1.98. The molecule has 0 saturated heterocycles. The van der Waals surface area contributed by atoms with Crippen molar-refractivity contribution in [3.05, 3.63) is 28.8 Å². The lowest BCUT2D eigenvalue weighted by molar-refractivity contribution is -0.121. The van der Waals surface area contributed by atoms with Gasteiger partial charge >= 0.3 is 0 Å². The Morgan fingerprint density at radius 2 is 2.14 bits per heavy atom. The van der Waals surface area contributed by atoms with Crippen LogP contribution in [0.25, 0.3) is 0 Å². The van der Waals surface area contributed by atoms with Crippen molar-refractivity contribution in [1.29, 1.82) is 0 Å². The highest BCUT2D eigenvalue weighted by atomic mass is 35.5. The van der Waals surface area contributed by atoms with Crippen molar-refractivity contribution in [2.75, 3.05) is 7.11 Å². The summed E-state index contributed by atoms with van der Waals surface area (Å²) in [5.74, 6) is 0.760. The first-order valence-corrected chi connectivity index (χ1v) is 9.27. The number of carbonyl (C=O) groups is 1. The van der Waals surface area contributed by atoms with Crippen molar-refractivity contribution in [2.45, 2.75) is 49.7 Å². The van der Waals surface area contributed by atoms with Crippen molar-refractivity contribution >= 4 is 28.3 Å². The number of hydrogen-bond acceptors (Lipinski definition) is 3. The second-order valence-electron chi connectivity index (χ2n) is 5.61. The van der Waals surface area contributed by atoms with Crippen LogP contribution in [-0.4, -0.2) is 28.5 Å². The van der Waals surface area contributed by atoms with E-state index in [1.54, 1.807) is 32.2 Å². The normalized spacial score (nSPS) is 18.0. The lowest BCUT2D eigenvalue weighted by Gasteiger charge is -2.17. The fourth-order valence-corrected chi connectivity index (χ4v) is 3.93. The summed E-state index contributed by atoms with van der Waals surface area (Å²) in [6, 6.07) is 5.45. The molecule has 6 heteroatoms. The molecule has 2 atom stereocenters. The summed E-state index contributed by atoms with van der Waals surface area (Å²) in [6.45, 7) is 1.71. The summed E-state index contributed by atoms with van der Waals surface area (Å²) >= 11 is 5.98. The summed E-state index contributed by atoms with van der Waals surface area (Å²) in [6.07, 6.45) is 4.35. The van der Waals surface area contributed by atoms with Gasteiger partial charge < -0.3 is 10.1 Å². The molecule has 0 spiro atoms. The first-order valence-electron chi connectivity index (χ1n) is 7.51. The monoisotopic (exact) mass is 343 g/mol. The van der Waals surface area contributed by atoms with Gasteiger partial charge in [-0.15, -0.1) is 0 Å². The molecule has 0 bridgehead atoms. The van der Waals surface area contributed by atoms with Crippen LogP contribution in [0.1, 0.15) is 38.2 Å². The molecule has 1 aliphatic carbocycles. The van der Waals surface area contributed by atoms with Gasteiger partial charge in [-0.25, -0.2) is 0 Å². The van der Waals surface area contributed by atoms with Crippen molar-refractivity contribution in [1.82, 2.24) is 5.32 Å². The van der Waals surface area contributed by atoms with Crippen molar-refractivity contribution in [3.8, 4) is 5.75 Å². The van der Waals surface area contributed by atoms with Gasteiger partial charge in [0.05, 0.1) is 12.9 Å². The van der Waals surface area contributed by atoms with Crippen LogP contribution in [0.2, 0.25) is 5.02 Å². The first kappa shape index (κ1) is 17.3. The number of nitrogens with one attached hydrogen (secondary N) is 1. The highest BCUT2D eigenvalue weighted by Gasteiger charge is 2.25. The van der Waals surface area contributed by atoms with E-state index in [0.717, 1.165) is 31.2 Å². The molecule has 1 aromatic carbocycles. The van der Waals surface area contributed by atoms with Crippen LogP contribution in [0.15, 0.2) is 18.2 Å². The van der Waals surface area contributed by atoms with Gasteiger partial charge in [-0.1, -0.05) is 24.4 Å². The van der Waals surface area contributed by atoms with E-state index < -0.39 is 16.0 Å². The summed E-state index contributed by atoms with van der Waals surface area (Å²) < 4.78 is 17.7. The van der Waals surface area contributed by atoms with E-state index in [-0.39, 0.29) is 17.7 Å².